The molecule has 4 nitrogen and oxygen atoms in total. The highest BCUT2D eigenvalue weighted by Crippen LogP contribution is 2.08. The zero-order chi connectivity index (χ0) is 9.90. The van der Waals surface area contributed by atoms with Crippen LogP contribution >= 0.6 is 10.7 Å². The van der Waals surface area contributed by atoms with Gasteiger partial charge in [-0.25, -0.2) is 8.42 Å². The van der Waals surface area contributed by atoms with E-state index in [9.17, 15) is 8.42 Å². The fourth-order valence-corrected chi connectivity index (χ4v) is 1.84. The van der Waals surface area contributed by atoms with Crippen LogP contribution in [-0.2, 0) is 21.3 Å². The van der Waals surface area contributed by atoms with E-state index in [-0.39, 0.29) is 5.75 Å². The SMILES string of the molecule is C=CCn1cc(CS(=O)(=O)Cl)cn1. The maximum Gasteiger partial charge on any atom is 0.236 e. The first-order valence-electron chi connectivity index (χ1n) is 3.56. The van der Waals surface area contributed by atoms with Crippen molar-refractivity contribution >= 4 is 19.7 Å². The summed E-state index contributed by atoms with van der Waals surface area (Å²) in [5.41, 5.74) is 0.580. The molecule has 0 atom stereocenters. The number of hydrogen-bond donors (Lipinski definition) is 0. The minimum Gasteiger partial charge on any atom is -0.269 e. The van der Waals surface area contributed by atoms with Gasteiger partial charge in [0.25, 0.3) is 0 Å². The minimum absolute atomic E-state index is 0.189. The van der Waals surface area contributed by atoms with E-state index < -0.39 is 9.05 Å². The quantitative estimate of drug-likeness (QED) is 0.565. The molecule has 0 N–H and O–H groups in total. The van der Waals surface area contributed by atoms with Crippen LogP contribution in [0.3, 0.4) is 0 Å². The molecular formula is C7H9ClN2O2S. The molecule has 1 heterocycles. The second kappa shape index (κ2) is 3.93. The topological polar surface area (TPSA) is 52.0 Å². The van der Waals surface area contributed by atoms with Gasteiger partial charge in [0, 0.05) is 22.4 Å². The molecule has 72 valence electrons. The van der Waals surface area contributed by atoms with E-state index in [0.717, 1.165) is 0 Å². The van der Waals surface area contributed by atoms with Crippen molar-refractivity contribution in [3.63, 3.8) is 0 Å². The average molecular weight is 221 g/mol. The van der Waals surface area contributed by atoms with Crippen LogP contribution in [0.25, 0.3) is 0 Å². The molecule has 1 aromatic rings. The first-order chi connectivity index (χ1) is 6.01. The molecule has 0 unspecified atom stereocenters. The summed E-state index contributed by atoms with van der Waals surface area (Å²) in [5.74, 6) is -0.189. The van der Waals surface area contributed by atoms with E-state index in [0.29, 0.717) is 12.1 Å². The molecule has 0 saturated heterocycles. The third-order valence-electron chi connectivity index (χ3n) is 1.34. The highest BCUT2D eigenvalue weighted by Gasteiger charge is 2.08. The smallest absolute Gasteiger partial charge is 0.236 e. The number of aromatic nitrogens is 2. The Labute approximate surface area is 81.2 Å². The predicted octanol–water partition coefficient (Wildman–Crippen LogP) is 1.14. The van der Waals surface area contributed by atoms with Crippen LogP contribution in [0.4, 0.5) is 0 Å². The summed E-state index contributed by atoms with van der Waals surface area (Å²) < 4.78 is 22.9. The van der Waals surface area contributed by atoms with E-state index >= 15 is 0 Å². The molecule has 0 fully saturated rings. The van der Waals surface area contributed by atoms with Gasteiger partial charge in [0.05, 0.1) is 18.5 Å². The first-order valence-corrected chi connectivity index (χ1v) is 6.03. The second-order valence-electron chi connectivity index (χ2n) is 2.54. The molecule has 0 bridgehead atoms. The second-order valence-corrected chi connectivity index (χ2v) is 5.32. The van der Waals surface area contributed by atoms with E-state index in [1.54, 1.807) is 17.0 Å². The molecular weight excluding hydrogens is 212 g/mol. The molecule has 13 heavy (non-hydrogen) atoms. The van der Waals surface area contributed by atoms with Crippen molar-refractivity contribution in [1.29, 1.82) is 0 Å². The molecule has 0 aliphatic rings. The van der Waals surface area contributed by atoms with Crippen molar-refractivity contribution in [2.75, 3.05) is 0 Å². The average Bonchev–Trinajstić information content (AvgIpc) is 2.33. The molecule has 0 aliphatic heterocycles. The van der Waals surface area contributed by atoms with Gasteiger partial charge < -0.3 is 0 Å². The van der Waals surface area contributed by atoms with Crippen LogP contribution in [-0.4, -0.2) is 18.2 Å². The molecule has 0 radical (unpaired) electrons. The van der Waals surface area contributed by atoms with Gasteiger partial charge in [-0.15, -0.1) is 6.58 Å². The van der Waals surface area contributed by atoms with E-state index in [1.165, 1.54) is 6.20 Å². The van der Waals surface area contributed by atoms with Gasteiger partial charge in [-0.3, -0.25) is 4.68 Å². The van der Waals surface area contributed by atoms with Crippen LogP contribution in [0.15, 0.2) is 25.0 Å². The highest BCUT2D eigenvalue weighted by atomic mass is 35.7. The third kappa shape index (κ3) is 3.61. The normalized spacial score (nSPS) is 11.5. The number of hydrogen-bond acceptors (Lipinski definition) is 3. The first kappa shape index (κ1) is 10.3. The van der Waals surface area contributed by atoms with Gasteiger partial charge in [-0.05, 0) is 0 Å². The third-order valence-corrected chi connectivity index (χ3v) is 2.35. The van der Waals surface area contributed by atoms with E-state index in [4.69, 9.17) is 10.7 Å². The van der Waals surface area contributed by atoms with Crippen molar-refractivity contribution < 1.29 is 8.42 Å². The highest BCUT2D eigenvalue weighted by molar-refractivity contribution is 8.13. The number of allylic oxidation sites excluding steroid dienone is 1. The van der Waals surface area contributed by atoms with Crippen molar-refractivity contribution in [2.24, 2.45) is 0 Å². The lowest BCUT2D eigenvalue weighted by Gasteiger charge is -1.92. The fraction of sp³-hybridized carbons (Fsp3) is 0.286. The van der Waals surface area contributed by atoms with Gasteiger partial charge >= 0.3 is 0 Å². The Bertz CT molecular complexity index is 396. The van der Waals surface area contributed by atoms with E-state index in [2.05, 4.69) is 11.7 Å². The van der Waals surface area contributed by atoms with Crippen molar-refractivity contribution in [3.8, 4) is 0 Å². The van der Waals surface area contributed by atoms with Crippen molar-refractivity contribution in [1.82, 2.24) is 9.78 Å². The predicted molar refractivity (Wildman–Crippen MR) is 50.9 cm³/mol. The summed E-state index contributed by atoms with van der Waals surface area (Å²) in [7, 11) is 1.58. The summed E-state index contributed by atoms with van der Waals surface area (Å²) in [4.78, 5) is 0. The van der Waals surface area contributed by atoms with Crippen LogP contribution < -0.4 is 0 Å². The Balaban J connectivity index is 2.75. The molecule has 1 rings (SSSR count). The number of nitrogens with zero attached hydrogens (tertiary/aromatic N) is 2. The number of rotatable bonds is 4. The number of halogens is 1. The van der Waals surface area contributed by atoms with Crippen molar-refractivity contribution in [2.45, 2.75) is 12.3 Å². The largest absolute Gasteiger partial charge is 0.269 e. The lowest BCUT2D eigenvalue weighted by molar-refractivity contribution is 0.609. The molecule has 0 spiro atoms. The molecule has 0 saturated carbocycles. The Morgan fingerprint density at radius 1 is 1.69 bits per heavy atom. The Morgan fingerprint density at radius 3 is 2.92 bits per heavy atom. The molecule has 0 aromatic carbocycles. The maximum absolute atomic E-state index is 10.7. The summed E-state index contributed by atoms with van der Waals surface area (Å²) in [6.07, 6.45) is 4.77. The molecule has 0 amide bonds. The van der Waals surface area contributed by atoms with E-state index in [1.807, 2.05) is 0 Å². The van der Waals surface area contributed by atoms with Gasteiger partial charge in [0.2, 0.25) is 9.05 Å². The van der Waals surface area contributed by atoms with Crippen LogP contribution in [0.5, 0.6) is 0 Å². The minimum atomic E-state index is -3.49. The Morgan fingerprint density at radius 2 is 2.38 bits per heavy atom. The summed E-state index contributed by atoms with van der Waals surface area (Å²) in [6, 6.07) is 0. The monoisotopic (exact) mass is 220 g/mol. The zero-order valence-corrected chi connectivity index (χ0v) is 8.42. The van der Waals surface area contributed by atoms with Gasteiger partial charge in [0.15, 0.2) is 0 Å². The standard InChI is InChI=1S/C7H9ClN2O2S/c1-2-3-10-5-7(4-9-10)6-13(8,11)12/h2,4-5H,1,3,6H2. The summed E-state index contributed by atoms with van der Waals surface area (Å²) >= 11 is 0. The van der Waals surface area contributed by atoms with Crippen LogP contribution in [0.2, 0.25) is 0 Å². The van der Waals surface area contributed by atoms with Crippen LogP contribution in [0.1, 0.15) is 5.56 Å². The summed E-state index contributed by atoms with van der Waals surface area (Å²) in [6.45, 7) is 4.09. The molecule has 6 heteroatoms. The lowest BCUT2D eigenvalue weighted by atomic mass is 10.4. The van der Waals surface area contributed by atoms with Gasteiger partial charge in [-0.2, -0.15) is 5.10 Å². The van der Waals surface area contributed by atoms with Crippen molar-refractivity contribution in [3.05, 3.63) is 30.6 Å². The maximum atomic E-state index is 10.7. The van der Waals surface area contributed by atoms with Crippen LogP contribution in [0, 0.1) is 0 Å². The van der Waals surface area contributed by atoms with Gasteiger partial charge in [0.1, 0.15) is 0 Å². The molecule has 1 aromatic heterocycles. The molecule has 0 aliphatic carbocycles. The zero-order valence-electron chi connectivity index (χ0n) is 6.85. The Hall–Kier alpha value is -0.810. The fourth-order valence-electron chi connectivity index (χ4n) is 0.912. The lowest BCUT2D eigenvalue weighted by Crippen LogP contribution is -1.95. The van der Waals surface area contributed by atoms with Gasteiger partial charge in [-0.1, -0.05) is 6.08 Å². The Kier molecular flexibility index (Phi) is 3.11. The summed E-state index contributed by atoms with van der Waals surface area (Å²) in [5, 5.41) is 3.91.